The van der Waals surface area contributed by atoms with E-state index in [0.29, 0.717) is 17.9 Å². The van der Waals surface area contributed by atoms with Crippen LogP contribution in [0.3, 0.4) is 0 Å². The number of amides is 2. The number of hydrogen-bond acceptors (Lipinski definition) is 4. The first-order valence-electron chi connectivity index (χ1n) is 8.99. The maximum atomic E-state index is 12.7. The number of benzene rings is 2. The summed E-state index contributed by atoms with van der Waals surface area (Å²) in [5.74, 6) is -0.736. The highest BCUT2D eigenvalue weighted by Crippen LogP contribution is 2.48. The van der Waals surface area contributed by atoms with Crippen LogP contribution in [0.5, 0.6) is 0 Å². The lowest BCUT2D eigenvalue weighted by Crippen LogP contribution is -2.39. The predicted molar refractivity (Wildman–Crippen MR) is 109 cm³/mol. The van der Waals surface area contributed by atoms with Gasteiger partial charge in [-0.2, -0.15) is 0 Å². The number of hydrogen-bond donors (Lipinski definition) is 4. The maximum absolute atomic E-state index is 12.7. The van der Waals surface area contributed by atoms with Gasteiger partial charge in [-0.25, -0.2) is 0 Å². The summed E-state index contributed by atoms with van der Waals surface area (Å²) in [4.78, 5) is 48.9. The first-order valence-corrected chi connectivity index (χ1v) is 9.36. The molecule has 148 valence electrons. The largest absolute Gasteiger partial charge is 0.346 e. The van der Waals surface area contributed by atoms with Crippen molar-refractivity contribution in [1.29, 1.82) is 0 Å². The second-order valence-corrected chi connectivity index (χ2v) is 7.39. The van der Waals surface area contributed by atoms with Crippen LogP contribution in [0.15, 0.2) is 52.1 Å². The van der Waals surface area contributed by atoms with E-state index in [9.17, 15) is 19.2 Å². The third-order valence-corrected chi connectivity index (χ3v) is 5.34. The predicted octanol–water partition coefficient (Wildman–Crippen LogP) is 1.66. The minimum Gasteiger partial charge on any atom is -0.346 e. The summed E-state index contributed by atoms with van der Waals surface area (Å²) in [7, 11) is 0. The van der Waals surface area contributed by atoms with Crippen LogP contribution in [-0.2, 0) is 15.0 Å². The number of H-pyrrole nitrogens is 2. The minimum absolute atomic E-state index is 0.0794. The SMILES string of the molecule is O=C(CNC(=O)C1(c2ccc(Cl)cc2)CC1)Nc1cccc2c(=O)[nH][nH]c(=O)c12. The summed E-state index contributed by atoms with van der Waals surface area (Å²) in [6.07, 6.45) is 1.40. The van der Waals surface area contributed by atoms with Gasteiger partial charge < -0.3 is 10.6 Å². The average Bonchev–Trinajstić information content (AvgIpc) is 3.52. The standard InChI is InChI=1S/C20H17ClN4O4/c21-12-6-4-11(5-7-12)20(8-9-20)19(29)22-10-15(26)23-14-3-1-2-13-16(14)18(28)25-24-17(13)27/h1-7H,8-10H2,(H,22,29)(H,23,26)(H,24,27)(H,25,28). The smallest absolute Gasteiger partial charge is 0.272 e. The van der Waals surface area contributed by atoms with Gasteiger partial charge in [0.15, 0.2) is 0 Å². The van der Waals surface area contributed by atoms with Crippen molar-refractivity contribution in [2.75, 3.05) is 11.9 Å². The Morgan fingerprint density at radius 3 is 2.38 bits per heavy atom. The first kappa shape index (κ1) is 18.9. The fraction of sp³-hybridized carbons (Fsp3) is 0.200. The fourth-order valence-electron chi connectivity index (χ4n) is 3.40. The van der Waals surface area contributed by atoms with E-state index in [0.717, 1.165) is 5.56 Å². The average molecular weight is 413 g/mol. The molecule has 8 nitrogen and oxygen atoms in total. The number of anilines is 1. The normalized spacial score (nSPS) is 14.4. The molecule has 4 rings (SSSR count). The van der Waals surface area contributed by atoms with E-state index in [1.165, 1.54) is 12.1 Å². The van der Waals surface area contributed by atoms with E-state index >= 15 is 0 Å². The molecule has 1 aliphatic rings. The van der Waals surface area contributed by atoms with Crippen molar-refractivity contribution in [1.82, 2.24) is 15.5 Å². The molecule has 0 radical (unpaired) electrons. The molecular formula is C20H17ClN4O4. The Morgan fingerprint density at radius 2 is 1.69 bits per heavy atom. The Balaban J connectivity index is 1.46. The molecule has 9 heteroatoms. The molecule has 0 saturated heterocycles. The Hall–Kier alpha value is -3.39. The van der Waals surface area contributed by atoms with Crippen LogP contribution in [0.4, 0.5) is 5.69 Å². The molecule has 1 aromatic heterocycles. The van der Waals surface area contributed by atoms with Crippen molar-refractivity contribution >= 4 is 39.9 Å². The molecule has 29 heavy (non-hydrogen) atoms. The number of halogens is 1. The van der Waals surface area contributed by atoms with Crippen LogP contribution in [0, 0.1) is 0 Å². The van der Waals surface area contributed by atoms with Gasteiger partial charge in [-0.1, -0.05) is 29.8 Å². The fourth-order valence-corrected chi connectivity index (χ4v) is 3.52. The molecule has 0 bridgehead atoms. The van der Waals surface area contributed by atoms with Gasteiger partial charge in [0.1, 0.15) is 0 Å². The molecule has 1 fully saturated rings. The van der Waals surface area contributed by atoms with Crippen molar-refractivity contribution in [2.45, 2.75) is 18.3 Å². The third kappa shape index (κ3) is 3.54. The molecule has 2 aromatic carbocycles. The lowest BCUT2D eigenvalue weighted by Gasteiger charge is -2.16. The second-order valence-electron chi connectivity index (χ2n) is 6.96. The van der Waals surface area contributed by atoms with Gasteiger partial charge in [-0.3, -0.25) is 29.4 Å². The summed E-state index contributed by atoms with van der Waals surface area (Å²) < 4.78 is 0. The lowest BCUT2D eigenvalue weighted by molar-refractivity contribution is -0.126. The molecule has 0 spiro atoms. The number of aromatic amines is 2. The van der Waals surface area contributed by atoms with Gasteiger partial charge >= 0.3 is 0 Å². The van der Waals surface area contributed by atoms with Crippen LogP contribution in [0.25, 0.3) is 10.8 Å². The summed E-state index contributed by atoms with van der Waals surface area (Å²) in [6.45, 7) is -0.258. The first-order chi connectivity index (χ1) is 13.9. The number of nitrogens with one attached hydrogen (secondary N) is 4. The van der Waals surface area contributed by atoms with Crippen LogP contribution < -0.4 is 21.8 Å². The molecule has 3 aromatic rings. The number of carbonyl (C=O) groups excluding carboxylic acids is 2. The van der Waals surface area contributed by atoms with E-state index in [2.05, 4.69) is 20.8 Å². The second kappa shape index (κ2) is 7.21. The maximum Gasteiger partial charge on any atom is 0.272 e. The molecule has 1 aliphatic carbocycles. The number of rotatable bonds is 5. The molecule has 0 unspecified atom stereocenters. The lowest BCUT2D eigenvalue weighted by atomic mass is 9.95. The van der Waals surface area contributed by atoms with Crippen molar-refractivity contribution in [3.8, 4) is 0 Å². The zero-order valence-corrected chi connectivity index (χ0v) is 15.9. The Morgan fingerprint density at radius 1 is 1.00 bits per heavy atom. The number of aromatic nitrogens is 2. The van der Waals surface area contributed by atoms with Crippen molar-refractivity contribution in [3.05, 3.63) is 73.8 Å². The third-order valence-electron chi connectivity index (χ3n) is 5.09. The molecule has 1 heterocycles. The summed E-state index contributed by atoms with van der Waals surface area (Å²) >= 11 is 5.90. The Bertz CT molecular complexity index is 1230. The quantitative estimate of drug-likeness (QED) is 0.508. The molecule has 4 N–H and O–H groups in total. The number of fused-ring (bicyclic) bond motifs is 1. The van der Waals surface area contributed by atoms with E-state index in [1.54, 1.807) is 18.2 Å². The van der Waals surface area contributed by atoms with Crippen LogP contribution in [-0.4, -0.2) is 28.6 Å². The van der Waals surface area contributed by atoms with Gasteiger partial charge in [0.2, 0.25) is 11.8 Å². The van der Waals surface area contributed by atoms with E-state index in [1.807, 2.05) is 12.1 Å². The molecule has 1 saturated carbocycles. The van der Waals surface area contributed by atoms with Crippen LogP contribution in [0.1, 0.15) is 18.4 Å². The Labute approximate surface area is 169 Å². The monoisotopic (exact) mass is 412 g/mol. The molecule has 0 aliphatic heterocycles. The highest BCUT2D eigenvalue weighted by molar-refractivity contribution is 6.30. The summed E-state index contributed by atoms with van der Waals surface area (Å²) in [5, 5.41) is 10.5. The summed E-state index contributed by atoms with van der Waals surface area (Å²) in [6, 6.07) is 11.7. The number of carbonyl (C=O) groups is 2. The van der Waals surface area contributed by atoms with E-state index in [4.69, 9.17) is 11.6 Å². The van der Waals surface area contributed by atoms with E-state index < -0.39 is 22.4 Å². The zero-order chi connectivity index (χ0) is 20.6. The van der Waals surface area contributed by atoms with Gasteiger partial charge in [-0.15, -0.1) is 0 Å². The van der Waals surface area contributed by atoms with Crippen molar-refractivity contribution in [3.63, 3.8) is 0 Å². The Kier molecular flexibility index (Phi) is 4.71. The van der Waals surface area contributed by atoms with Gasteiger partial charge in [-0.05, 0) is 42.7 Å². The van der Waals surface area contributed by atoms with Gasteiger partial charge in [0.05, 0.1) is 28.4 Å². The molecular weight excluding hydrogens is 396 g/mol. The van der Waals surface area contributed by atoms with Crippen LogP contribution in [0.2, 0.25) is 5.02 Å². The molecule has 2 amide bonds. The van der Waals surface area contributed by atoms with Crippen molar-refractivity contribution < 1.29 is 9.59 Å². The van der Waals surface area contributed by atoms with Crippen molar-refractivity contribution in [2.24, 2.45) is 0 Å². The van der Waals surface area contributed by atoms with Gasteiger partial charge in [0, 0.05) is 5.02 Å². The van der Waals surface area contributed by atoms with Gasteiger partial charge in [0.25, 0.3) is 11.1 Å². The highest BCUT2D eigenvalue weighted by atomic mass is 35.5. The topological polar surface area (TPSA) is 124 Å². The molecule has 0 atom stereocenters. The van der Waals surface area contributed by atoms with Crippen LogP contribution >= 0.6 is 11.6 Å². The zero-order valence-electron chi connectivity index (χ0n) is 15.2. The minimum atomic E-state index is -0.630. The summed E-state index contributed by atoms with van der Waals surface area (Å²) in [5.41, 5.74) is -0.566. The van der Waals surface area contributed by atoms with E-state index in [-0.39, 0.29) is 28.9 Å². The highest BCUT2D eigenvalue weighted by Gasteiger charge is 2.51.